The standard InChI is InChI=1S/C55H32N6OS/c1-2-11-35(12-3-1)59-47-25-20-33(49-18-10-28-62-49)29-42(47)43-31-36(22-26-48(43)59)60-45-16-7-4-13-37(45)40-23-24-41-38-14-5-8-17-46(38)61(53(41)52(40)60)55-57-32-56-54(58-55)34-21-27-51-44(30-34)39-15-6-9-19-50(39)63-51/h1-32H. The van der Waals surface area contributed by atoms with Gasteiger partial charge in [0.2, 0.25) is 5.95 Å². The van der Waals surface area contributed by atoms with Crippen molar-refractivity contribution in [1.82, 2.24) is 28.7 Å². The third-order valence-corrected chi connectivity index (χ3v) is 13.8. The number of hydrogen-bond acceptors (Lipinski definition) is 5. The molecular formula is C55H32N6OS. The van der Waals surface area contributed by atoms with Gasteiger partial charge in [-0.1, -0.05) is 84.9 Å². The Labute approximate surface area is 363 Å². The van der Waals surface area contributed by atoms with Crippen LogP contribution in [0.15, 0.2) is 199 Å². The van der Waals surface area contributed by atoms with E-state index in [0.717, 1.165) is 88.3 Å². The highest BCUT2D eigenvalue weighted by Crippen LogP contribution is 2.43. The second-order valence-corrected chi connectivity index (χ2v) is 17.1. The number of thiophene rings is 1. The molecule has 6 heterocycles. The average Bonchev–Trinajstić information content (AvgIpc) is 4.18. The fourth-order valence-corrected chi connectivity index (χ4v) is 11.1. The first kappa shape index (κ1) is 34.4. The zero-order chi connectivity index (χ0) is 41.2. The molecule has 0 bridgehead atoms. The number of fused-ring (bicyclic) bond motifs is 13. The number of furan rings is 1. The molecule has 0 aliphatic carbocycles. The van der Waals surface area contributed by atoms with Crippen LogP contribution >= 0.6 is 11.3 Å². The highest BCUT2D eigenvalue weighted by atomic mass is 32.1. The molecule has 0 aliphatic rings. The van der Waals surface area contributed by atoms with Gasteiger partial charge in [-0.25, -0.2) is 9.97 Å². The zero-order valence-electron chi connectivity index (χ0n) is 33.5. The summed E-state index contributed by atoms with van der Waals surface area (Å²) in [4.78, 5) is 15.0. The Morgan fingerprint density at radius 2 is 1.03 bits per heavy atom. The molecule has 14 aromatic rings. The van der Waals surface area contributed by atoms with E-state index >= 15 is 0 Å². The third kappa shape index (κ3) is 4.98. The van der Waals surface area contributed by atoms with Gasteiger partial charge in [0.1, 0.15) is 12.1 Å². The monoisotopic (exact) mass is 824 g/mol. The lowest BCUT2D eigenvalue weighted by atomic mass is 10.1. The van der Waals surface area contributed by atoms with Crippen LogP contribution < -0.4 is 0 Å². The first-order valence-electron chi connectivity index (χ1n) is 21.0. The zero-order valence-corrected chi connectivity index (χ0v) is 34.3. The second kappa shape index (κ2) is 13.1. The molecule has 8 heteroatoms. The molecule has 0 saturated carbocycles. The van der Waals surface area contributed by atoms with Crippen molar-refractivity contribution in [2.75, 3.05) is 0 Å². The first-order valence-corrected chi connectivity index (χ1v) is 21.8. The molecule has 0 fully saturated rings. The predicted molar refractivity (Wildman–Crippen MR) is 259 cm³/mol. The van der Waals surface area contributed by atoms with Crippen LogP contribution in [-0.2, 0) is 0 Å². The number of para-hydroxylation sites is 3. The summed E-state index contributed by atoms with van der Waals surface area (Å²) in [5.41, 5.74) is 10.7. The van der Waals surface area contributed by atoms with Crippen molar-refractivity contribution < 1.29 is 4.42 Å². The van der Waals surface area contributed by atoms with Gasteiger partial charge in [0.15, 0.2) is 5.82 Å². The van der Waals surface area contributed by atoms with Crippen LogP contribution in [0, 0.1) is 0 Å². The summed E-state index contributed by atoms with van der Waals surface area (Å²) in [6.45, 7) is 0. The molecular weight excluding hydrogens is 793 g/mol. The molecule has 0 radical (unpaired) electrons. The summed E-state index contributed by atoms with van der Waals surface area (Å²) in [7, 11) is 0. The maximum atomic E-state index is 5.90. The lowest BCUT2D eigenvalue weighted by Gasteiger charge is -2.13. The highest BCUT2D eigenvalue weighted by Gasteiger charge is 2.24. The fraction of sp³-hybridized carbons (Fsp3) is 0. The van der Waals surface area contributed by atoms with Gasteiger partial charge in [0.25, 0.3) is 0 Å². The van der Waals surface area contributed by atoms with Gasteiger partial charge in [-0.05, 0) is 97.1 Å². The van der Waals surface area contributed by atoms with E-state index in [1.165, 1.54) is 25.6 Å². The summed E-state index contributed by atoms with van der Waals surface area (Å²) in [6, 6.07) is 65.0. The Hall–Kier alpha value is -8.33. The SMILES string of the molecule is c1ccc(-n2c3ccc(-c4ccco4)cc3c3cc(-n4c5ccccc5c5ccc6c7ccccc7n(-c7ncnc(-c8ccc9sc%10ccccc%10c9c8)n7)c6c54)ccc32)cc1. The number of hydrogen-bond donors (Lipinski definition) is 0. The summed E-state index contributed by atoms with van der Waals surface area (Å²) < 4.78 is 15.4. The molecule has 14 rings (SSSR count). The topological polar surface area (TPSA) is 66.6 Å². The lowest BCUT2D eigenvalue weighted by molar-refractivity contribution is 0.582. The van der Waals surface area contributed by atoms with Crippen LogP contribution in [0.1, 0.15) is 0 Å². The van der Waals surface area contributed by atoms with Crippen LogP contribution in [0.4, 0.5) is 0 Å². The van der Waals surface area contributed by atoms with Gasteiger partial charge < -0.3 is 13.6 Å². The van der Waals surface area contributed by atoms with Crippen LogP contribution in [-0.4, -0.2) is 28.7 Å². The fourth-order valence-electron chi connectivity index (χ4n) is 9.98. The Bertz CT molecular complexity index is 4150. The smallest absolute Gasteiger partial charge is 0.238 e. The average molecular weight is 825 g/mol. The van der Waals surface area contributed by atoms with Crippen LogP contribution in [0.5, 0.6) is 0 Å². The van der Waals surface area contributed by atoms with Crippen molar-refractivity contribution in [3.05, 3.63) is 195 Å². The Morgan fingerprint density at radius 3 is 1.83 bits per heavy atom. The molecule has 0 amide bonds. The number of aromatic nitrogens is 6. The van der Waals surface area contributed by atoms with E-state index < -0.39 is 0 Å². The number of rotatable bonds is 5. The van der Waals surface area contributed by atoms with Gasteiger partial charge in [0.05, 0.1) is 39.4 Å². The molecule has 63 heavy (non-hydrogen) atoms. The summed E-state index contributed by atoms with van der Waals surface area (Å²) in [5.74, 6) is 2.04. The van der Waals surface area contributed by atoms with E-state index in [9.17, 15) is 0 Å². The lowest BCUT2D eigenvalue weighted by Crippen LogP contribution is -2.04. The van der Waals surface area contributed by atoms with Crippen molar-refractivity contribution in [2.45, 2.75) is 0 Å². The Balaban J connectivity index is 1.05. The van der Waals surface area contributed by atoms with E-state index in [0.29, 0.717) is 11.8 Å². The van der Waals surface area contributed by atoms with Crippen molar-refractivity contribution in [2.24, 2.45) is 0 Å². The van der Waals surface area contributed by atoms with Crippen LogP contribution in [0.2, 0.25) is 0 Å². The maximum absolute atomic E-state index is 5.90. The molecule has 0 aliphatic heterocycles. The van der Waals surface area contributed by atoms with Gasteiger partial charge in [-0.15, -0.1) is 11.3 Å². The van der Waals surface area contributed by atoms with Crippen LogP contribution in [0.25, 0.3) is 126 Å². The van der Waals surface area contributed by atoms with E-state index in [4.69, 9.17) is 19.4 Å². The largest absolute Gasteiger partial charge is 0.464 e. The second-order valence-electron chi connectivity index (χ2n) is 16.1. The number of nitrogens with zero attached hydrogens (tertiary/aromatic N) is 6. The van der Waals surface area contributed by atoms with E-state index in [1.54, 1.807) is 12.6 Å². The molecule has 0 spiro atoms. The molecule has 8 aromatic carbocycles. The summed E-state index contributed by atoms with van der Waals surface area (Å²) in [6.07, 6.45) is 3.38. The summed E-state index contributed by atoms with van der Waals surface area (Å²) in [5, 5.41) is 9.33. The van der Waals surface area contributed by atoms with Crippen LogP contribution in [0.3, 0.4) is 0 Å². The minimum atomic E-state index is 0.567. The van der Waals surface area contributed by atoms with Crippen molar-refractivity contribution in [3.8, 4) is 40.0 Å². The molecule has 0 atom stereocenters. The van der Waals surface area contributed by atoms with Crippen molar-refractivity contribution >= 4 is 96.9 Å². The van der Waals surface area contributed by atoms with Crippen molar-refractivity contribution in [3.63, 3.8) is 0 Å². The highest BCUT2D eigenvalue weighted by molar-refractivity contribution is 7.25. The Kier molecular flexibility index (Phi) is 7.14. The van der Waals surface area contributed by atoms with Gasteiger partial charge >= 0.3 is 0 Å². The van der Waals surface area contributed by atoms with E-state index in [2.05, 4.69) is 184 Å². The van der Waals surface area contributed by atoms with Gasteiger partial charge in [-0.3, -0.25) is 4.57 Å². The first-order chi connectivity index (χ1) is 31.2. The van der Waals surface area contributed by atoms with Crippen molar-refractivity contribution in [1.29, 1.82) is 0 Å². The third-order valence-electron chi connectivity index (χ3n) is 12.7. The molecule has 294 valence electrons. The molecule has 7 nitrogen and oxygen atoms in total. The predicted octanol–water partition coefficient (Wildman–Crippen LogP) is 14.5. The Morgan fingerprint density at radius 1 is 0.397 bits per heavy atom. The minimum Gasteiger partial charge on any atom is -0.464 e. The van der Waals surface area contributed by atoms with Gasteiger partial charge in [-0.2, -0.15) is 4.98 Å². The quantitative estimate of drug-likeness (QED) is 0.173. The molecule has 0 saturated heterocycles. The number of benzene rings is 8. The summed E-state index contributed by atoms with van der Waals surface area (Å²) >= 11 is 1.81. The maximum Gasteiger partial charge on any atom is 0.238 e. The van der Waals surface area contributed by atoms with E-state index in [1.807, 2.05) is 23.5 Å². The van der Waals surface area contributed by atoms with E-state index in [-0.39, 0.29) is 0 Å². The minimum absolute atomic E-state index is 0.567. The normalized spacial score (nSPS) is 12.1. The molecule has 0 N–H and O–H groups in total. The molecule has 0 unspecified atom stereocenters. The molecule has 6 aromatic heterocycles. The van der Waals surface area contributed by atoms with Gasteiger partial charge in [0, 0.05) is 75.0 Å².